The van der Waals surface area contributed by atoms with E-state index in [0.29, 0.717) is 6.61 Å². The van der Waals surface area contributed by atoms with Crippen LogP contribution in [0.1, 0.15) is 6.42 Å². The van der Waals surface area contributed by atoms with Gasteiger partial charge in [-0.15, -0.1) is 6.58 Å². The van der Waals surface area contributed by atoms with Gasteiger partial charge in [0.15, 0.2) is 0 Å². The van der Waals surface area contributed by atoms with Gasteiger partial charge in [-0.2, -0.15) is 0 Å². The Morgan fingerprint density at radius 2 is 2.00 bits per heavy atom. The van der Waals surface area contributed by atoms with Crippen molar-refractivity contribution in [2.45, 2.75) is 6.42 Å². The first-order valence-electron chi connectivity index (χ1n) is 4.93. The van der Waals surface area contributed by atoms with E-state index in [1.165, 1.54) is 0 Å². The number of hydrogen-bond acceptors (Lipinski definition) is 2. The lowest BCUT2D eigenvalue weighted by Crippen LogP contribution is -2.21. The fraction of sp³-hybridized carbons (Fsp3) is 0.333. The predicted molar refractivity (Wildman–Crippen MR) is 59.6 cm³/mol. The second-order valence-corrected chi connectivity index (χ2v) is 2.99. The number of hydrogen-bond donors (Lipinski definition) is 1. The molecule has 14 heavy (non-hydrogen) atoms. The molecule has 0 saturated heterocycles. The third-order valence-electron chi connectivity index (χ3n) is 1.82. The second kappa shape index (κ2) is 7.15. The highest BCUT2D eigenvalue weighted by molar-refractivity contribution is 5.20. The Bertz CT molecular complexity index is 246. The quantitative estimate of drug-likeness (QED) is 0.527. The molecule has 1 N–H and O–H groups in total. The molecule has 0 heterocycles. The van der Waals surface area contributed by atoms with Crippen LogP contribution in [0.5, 0.6) is 5.75 Å². The molecule has 76 valence electrons. The molecule has 1 rings (SSSR count). The Morgan fingerprint density at radius 3 is 2.71 bits per heavy atom. The van der Waals surface area contributed by atoms with Crippen LogP contribution in [0.15, 0.2) is 43.0 Å². The zero-order chi connectivity index (χ0) is 10.1. The average Bonchev–Trinajstić information content (AvgIpc) is 2.25. The minimum Gasteiger partial charge on any atom is -0.492 e. The third kappa shape index (κ3) is 4.67. The largest absolute Gasteiger partial charge is 0.492 e. The number of rotatable bonds is 7. The lowest BCUT2D eigenvalue weighted by Gasteiger charge is -2.06. The van der Waals surface area contributed by atoms with Crippen molar-refractivity contribution in [3.63, 3.8) is 0 Å². The number of ether oxygens (including phenoxy) is 1. The highest BCUT2D eigenvalue weighted by Gasteiger charge is 1.90. The summed E-state index contributed by atoms with van der Waals surface area (Å²) in [5.41, 5.74) is 0. The Kier molecular flexibility index (Phi) is 5.52. The van der Waals surface area contributed by atoms with E-state index in [2.05, 4.69) is 11.9 Å². The van der Waals surface area contributed by atoms with Crippen LogP contribution in [0.4, 0.5) is 0 Å². The lowest BCUT2D eigenvalue weighted by atomic mass is 10.3. The molecule has 0 aromatic heterocycles. The summed E-state index contributed by atoms with van der Waals surface area (Å²) in [6, 6.07) is 9.85. The molecule has 0 aliphatic heterocycles. The molecule has 0 radical (unpaired) electrons. The maximum absolute atomic E-state index is 5.50. The van der Waals surface area contributed by atoms with Crippen LogP contribution in [0, 0.1) is 0 Å². The summed E-state index contributed by atoms with van der Waals surface area (Å²) in [6.07, 6.45) is 2.91. The molecular formula is C12H17NO. The first-order valence-corrected chi connectivity index (χ1v) is 4.93. The Morgan fingerprint density at radius 1 is 1.21 bits per heavy atom. The van der Waals surface area contributed by atoms with Crippen LogP contribution >= 0.6 is 0 Å². The fourth-order valence-electron chi connectivity index (χ4n) is 1.09. The van der Waals surface area contributed by atoms with Gasteiger partial charge in [0.25, 0.3) is 0 Å². The van der Waals surface area contributed by atoms with Crippen LogP contribution in [0.3, 0.4) is 0 Å². The maximum Gasteiger partial charge on any atom is 0.119 e. The van der Waals surface area contributed by atoms with E-state index >= 15 is 0 Å². The van der Waals surface area contributed by atoms with Gasteiger partial charge in [-0.25, -0.2) is 0 Å². The first kappa shape index (κ1) is 10.8. The molecule has 1 aromatic carbocycles. The van der Waals surface area contributed by atoms with E-state index in [0.717, 1.165) is 25.3 Å². The summed E-state index contributed by atoms with van der Waals surface area (Å²) in [5.74, 6) is 0.929. The van der Waals surface area contributed by atoms with E-state index in [4.69, 9.17) is 4.74 Å². The zero-order valence-electron chi connectivity index (χ0n) is 8.41. The zero-order valence-corrected chi connectivity index (χ0v) is 8.41. The Hall–Kier alpha value is -1.28. The van der Waals surface area contributed by atoms with Crippen LogP contribution < -0.4 is 10.1 Å². The minimum absolute atomic E-state index is 0.709. The van der Waals surface area contributed by atoms with Crippen molar-refractivity contribution in [1.82, 2.24) is 5.32 Å². The summed E-state index contributed by atoms with van der Waals surface area (Å²) in [5, 5.41) is 3.26. The second-order valence-electron chi connectivity index (χ2n) is 2.99. The topological polar surface area (TPSA) is 21.3 Å². The van der Waals surface area contributed by atoms with E-state index in [1.54, 1.807) is 0 Å². The summed E-state index contributed by atoms with van der Waals surface area (Å²) in [7, 11) is 0. The molecule has 2 heteroatoms. The molecular weight excluding hydrogens is 174 g/mol. The van der Waals surface area contributed by atoms with E-state index in [1.807, 2.05) is 36.4 Å². The first-order chi connectivity index (χ1) is 6.93. The SMILES string of the molecule is C=CCCNCCOc1ccccc1. The summed E-state index contributed by atoms with van der Waals surface area (Å²) >= 11 is 0. The van der Waals surface area contributed by atoms with Crippen LogP contribution in [-0.4, -0.2) is 19.7 Å². The van der Waals surface area contributed by atoms with E-state index in [9.17, 15) is 0 Å². The van der Waals surface area contributed by atoms with Gasteiger partial charge < -0.3 is 10.1 Å². The molecule has 0 fully saturated rings. The maximum atomic E-state index is 5.50. The van der Waals surface area contributed by atoms with Gasteiger partial charge in [0.2, 0.25) is 0 Å². The molecule has 0 amide bonds. The average molecular weight is 191 g/mol. The van der Waals surface area contributed by atoms with Crippen LogP contribution in [0.2, 0.25) is 0 Å². The predicted octanol–water partition coefficient (Wildman–Crippen LogP) is 2.23. The monoisotopic (exact) mass is 191 g/mol. The summed E-state index contributed by atoms with van der Waals surface area (Å²) < 4.78 is 5.50. The van der Waals surface area contributed by atoms with Gasteiger partial charge in [0.1, 0.15) is 12.4 Å². The van der Waals surface area contributed by atoms with Gasteiger partial charge in [-0.3, -0.25) is 0 Å². The van der Waals surface area contributed by atoms with Gasteiger partial charge in [-0.05, 0) is 25.1 Å². The van der Waals surface area contributed by atoms with Crippen molar-refractivity contribution in [3.05, 3.63) is 43.0 Å². The van der Waals surface area contributed by atoms with Gasteiger partial charge in [0.05, 0.1) is 0 Å². The number of nitrogens with one attached hydrogen (secondary N) is 1. The normalized spacial score (nSPS) is 9.71. The molecule has 0 aliphatic carbocycles. The smallest absolute Gasteiger partial charge is 0.119 e. The highest BCUT2D eigenvalue weighted by atomic mass is 16.5. The van der Waals surface area contributed by atoms with Crippen molar-refractivity contribution >= 4 is 0 Å². The van der Waals surface area contributed by atoms with E-state index in [-0.39, 0.29) is 0 Å². The standard InChI is InChI=1S/C12H17NO/c1-2-3-9-13-10-11-14-12-7-5-4-6-8-12/h2,4-8,13H,1,3,9-11H2. The van der Waals surface area contributed by atoms with E-state index < -0.39 is 0 Å². The fourth-order valence-corrected chi connectivity index (χ4v) is 1.09. The summed E-state index contributed by atoms with van der Waals surface area (Å²) in [4.78, 5) is 0. The van der Waals surface area contributed by atoms with Crippen LogP contribution in [0.25, 0.3) is 0 Å². The highest BCUT2D eigenvalue weighted by Crippen LogP contribution is 2.07. The molecule has 0 spiro atoms. The summed E-state index contributed by atoms with van der Waals surface area (Å²) in [6.45, 7) is 6.22. The number of benzene rings is 1. The van der Waals surface area contributed by atoms with Gasteiger partial charge in [-0.1, -0.05) is 24.3 Å². The molecule has 0 unspecified atom stereocenters. The number of para-hydroxylation sites is 1. The molecule has 1 aromatic rings. The lowest BCUT2D eigenvalue weighted by molar-refractivity contribution is 0.314. The molecule has 0 saturated carbocycles. The van der Waals surface area contributed by atoms with Crippen molar-refractivity contribution in [3.8, 4) is 5.75 Å². The molecule has 0 atom stereocenters. The third-order valence-corrected chi connectivity index (χ3v) is 1.82. The van der Waals surface area contributed by atoms with Gasteiger partial charge >= 0.3 is 0 Å². The molecule has 0 bridgehead atoms. The van der Waals surface area contributed by atoms with Crippen molar-refractivity contribution in [2.75, 3.05) is 19.7 Å². The van der Waals surface area contributed by atoms with Crippen molar-refractivity contribution in [2.24, 2.45) is 0 Å². The molecule has 2 nitrogen and oxygen atoms in total. The Balaban J connectivity index is 2.02. The van der Waals surface area contributed by atoms with Gasteiger partial charge in [0, 0.05) is 6.54 Å². The Labute approximate surface area is 85.6 Å². The van der Waals surface area contributed by atoms with Crippen molar-refractivity contribution < 1.29 is 4.74 Å². The molecule has 0 aliphatic rings. The minimum atomic E-state index is 0.709. The van der Waals surface area contributed by atoms with Crippen molar-refractivity contribution in [1.29, 1.82) is 0 Å². The van der Waals surface area contributed by atoms with Crippen LogP contribution in [-0.2, 0) is 0 Å².